The molecule has 4 heteroatoms. The third kappa shape index (κ3) is 2.85. The maximum Gasteiger partial charge on any atom is 0.203 e. The smallest absolute Gasteiger partial charge is 0.203 e. The van der Waals surface area contributed by atoms with Gasteiger partial charge in [-0.25, -0.2) is 4.39 Å². The normalized spacial score (nSPS) is 10.2. The Labute approximate surface area is 117 Å². The van der Waals surface area contributed by atoms with Crippen LogP contribution in [0.25, 0.3) is 0 Å². The predicted octanol–water partition coefficient (Wildman–Crippen LogP) is 4.20. The molecule has 0 spiro atoms. The summed E-state index contributed by atoms with van der Waals surface area (Å²) in [4.78, 5) is 0. The number of halogens is 1. The van der Waals surface area contributed by atoms with Crippen molar-refractivity contribution in [1.82, 2.24) is 0 Å². The van der Waals surface area contributed by atoms with Crippen molar-refractivity contribution >= 4 is 0 Å². The summed E-state index contributed by atoms with van der Waals surface area (Å²) < 4.78 is 30.0. The summed E-state index contributed by atoms with van der Waals surface area (Å²) in [6.45, 7) is 1.97. The van der Waals surface area contributed by atoms with Crippen LogP contribution in [0.15, 0.2) is 36.4 Å². The van der Waals surface area contributed by atoms with Gasteiger partial charge in [-0.1, -0.05) is 19.1 Å². The number of ether oxygens (including phenoxy) is 3. The van der Waals surface area contributed by atoms with E-state index in [0.717, 1.165) is 12.0 Å². The van der Waals surface area contributed by atoms with Crippen molar-refractivity contribution in [3.05, 3.63) is 47.8 Å². The van der Waals surface area contributed by atoms with E-state index in [9.17, 15) is 4.39 Å². The molecule has 0 saturated heterocycles. The zero-order valence-corrected chi connectivity index (χ0v) is 11.8. The molecular formula is C16H17FO3. The Morgan fingerprint density at radius 1 is 0.950 bits per heavy atom. The molecule has 0 fully saturated rings. The Hall–Kier alpha value is -2.23. The highest BCUT2D eigenvalue weighted by Crippen LogP contribution is 2.39. The Morgan fingerprint density at radius 3 is 2.30 bits per heavy atom. The second kappa shape index (κ2) is 6.28. The number of para-hydroxylation sites is 1. The number of hydrogen-bond donors (Lipinski definition) is 0. The SMILES string of the molecule is CCc1ccc(Oc2cccc(OC)c2OC)c(F)c1. The average molecular weight is 276 g/mol. The second-order valence-corrected chi connectivity index (χ2v) is 4.21. The van der Waals surface area contributed by atoms with Crippen molar-refractivity contribution in [3.8, 4) is 23.0 Å². The van der Waals surface area contributed by atoms with Gasteiger partial charge < -0.3 is 14.2 Å². The molecule has 0 amide bonds. The zero-order chi connectivity index (χ0) is 14.5. The molecular weight excluding hydrogens is 259 g/mol. The summed E-state index contributed by atoms with van der Waals surface area (Å²) in [7, 11) is 3.06. The second-order valence-electron chi connectivity index (χ2n) is 4.21. The van der Waals surface area contributed by atoms with Gasteiger partial charge >= 0.3 is 0 Å². The molecule has 20 heavy (non-hydrogen) atoms. The quantitative estimate of drug-likeness (QED) is 0.819. The van der Waals surface area contributed by atoms with Crippen molar-refractivity contribution in [1.29, 1.82) is 0 Å². The number of aryl methyl sites for hydroxylation is 1. The molecule has 0 aliphatic rings. The third-order valence-electron chi connectivity index (χ3n) is 2.99. The molecule has 2 aromatic carbocycles. The first-order chi connectivity index (χ1) is 9.69. The van der Waals surface area contributed by atoms with Gasteiger partial charge in [0, 0.05) is 0 Å². The van der Waals surface area contributed by atoms with E-state index in [0.29, 0.717) is 17.2 Å². The predicted molar refractivity (Wildman–Crippen MR) is 75.4 cm³/mol. The van der Waals surface area contributed by atoms with E-state index in [4.69, 9.17) is 14.2 Å². The summed E-state index contributed by atoms with van der Waals surface area (Å²) >= 11 is 0. The van der Waals surface area contributed by atoms with Crippen LogP contribution in [0, 0.1) is 5.82 Å². The Kier molecular flexibility index (Phi) is 4.45. The van der Waals surface area contributed by atoms with Crippen LogP contribution in [-0.4, -0.2) is 14.2 Å². The van der Waals surface area contributed by atoms with Crippen LogP contribution in [0.5, 0.6) is 23.0 Å². The summed E-state index contributed by atoms with van der Waals surface area (Å²) in [5.74, 6) is 1.16. The monoisotopic (exact) mass is 276 g/mol. The molecule has 0 saturated carbocycles. The molecule has 106 valence electrons. The summed E-state index contributed by atoms with van der Waals surface area (Å²) in [6, 6.07) is 10.1. The first kappa shape index (κ1) is 14.2. The zero-order valence-electron chi connectivity index (χ0n) is 11.8. The van der Waals surface area contributed by atoms with E-state index in [1.807, 2.05) is 13.0 Å². The fraction of sp³-hybridized carbons (Fsp3) is 0.250. The van der Waals surface area contributed by atoms with Crippen LogP contribution in [0.1, 0.15) is 12.5 Å². The minimum absolute atomic E-state index is 0.161. The molecule has 2 aromatic rings. The minimum atomic E-state index is -0.394. The third-order valence-corrected chi connectivity index (χ3v) is 2.99. The number of methoxy groups -OCH3 is 2. The van der Waals surface area contributed by atoms with Gasteiger partial charge in [0.1, 0.15) is 0 Å². The van der Waals surface area contributed by atoms with Gasteiger partial charge in [0.25, 0.3) is 0 Å². The highest BCUT2D eigenvalue weighted by atomic mass is 19.1. The highest BCUT2D eigenvalue weighted by molar-refractivity contribution is 5.52. The Bertz CT molecular complexity index is 596. The summed E-state index contributed by atoms with van der Waals surface area (Å²) in [6.07, 6.45) is 0.777. The number of hydrogen-bond acceptors (Lipinski definition) is 3. The molecule has 0 heterocycles. The standard InChI is InChI=1S/C16H17FO3/c1-4-11-8-9-13(12(17)10-11)20-15-7-5-6-14(18-2)16(15)19-3/h5-10H,4H2,1-3H3. The molecule has 0 atom stereocenters. The van der Waals surface area contributed by atoms with E-state index in [1.54, 1.807) is 24.3 Å². The van der Waals surface area contributed by atoms with E-state index >= 15 is 0 Å². The summed E-state index contributed by atoms with van der Waals surface area (Å²) in [5.41, 5.74) is 0.924. The van der Waals surface area contributed by atoms with Crippen molar-refractivity contribution in [2.45, 2.75) is 13.3 Å². The maximum absolute atomic E-state index is 13.9. The number of rotatable bonds is 5. The van der Waals surface area contributed by atoms with E-state index in [1.165, 1.54) is 20.3 Å². The lowest BCUT2D eigenvalue weighted by Crippen LogP contribution is -1.96. The first-order valence-corrected chi connectivity index (χ1v) is 6.36. The van der Waals surface area contributed by atoms with Crippen LogP contribution < -0.4 is 14.2 Å². The van der Waals surface area contributed by atoms with Gasteiger partial charge in [-0.2, -0.15) is 0 Å². The van der Waals surface area contributed by atoms with Crippen LogP contribution in [0.2, 0.25) is 0 Å². The molecule has 0 aliphatic carbocycles. The number of benzene rings is 2. The van der Waals surface area contributed by atoms with Crippen LogP contribution in [0.3, 0.4) is 0 Å². The van der Waals surface area contributed by atoms with Gasteiger partial charge in [0.15, 0.2) is 23.1 Å². The van der Waals surface area contributed by atoms with Gasteiger partial charge in [-0.3, -0.25) is 0 Å². The van der Waals surface area contributed by atoms with Gasteiger partial charge in [0.05, 0.1) is 14.2 Å². The van der Waals surface area contributed by atoms with E-state index in [-0.39, 0.29) is 5.75 Å². The van der Waals surface area contributed by atoms with Crippen LogP contribution >= 0.6 is 0 Å². The van der Waals surface area contributed by atoms with Crippen LogP contribution in [-0.2, 0) is 6.42 Å². The van der Waals surface area contributed by atoms with Crippen molar-refractivity contribution in [3.63, 3.8) is 0 Å². The van der Waals surface area contributed by atoms with Gasteiger partial charge in [-0.05, 0) is 36.2 Å². The van der Waals surface area contributed by atoms with Crippen molar-refractivity contribution in [2.24, 2.45) is 0 Å². The minimum Gasteiger partial charge on any atom is -0.493 e. The molecule has 2 rings (SSSR count). The van der Waals surface area contributed by atoms with E-state index in [2.05, 4.69) is 0 Å². The lowest BCUT2D eigenvalue weighted by Gasteiger charge is -2.13. The molecule has 0 aromatic heterocycles. The fourth-order valence-electron chi connectivity index (χ4n) is 1.90. The molecule has 3 nitrogen and oxygen atoms in total. The first-order valence-electron chi connectivity index (χ1n) is 6.36. The Morgan fingerprint density at radius 2 is 1.70 bits per heavy atom. The maximum atomic E-state index is 13.9. The van der Waals surface area contributed by atoms with Gasteiger partial charge in [0.2, 0.25) is 5.75 Å². The molecule has 0 aliphatic heterocycles. The molecule has 0 radical (unpaired) electrons. The summed E-state index contributed by atoms with van der Waals surface area (Å²) in [5, 5.41) is 0. The fourth-order valence-corrected chi connectivity index (χ4v) is 1.90. The highest BCUT2D eigenvalue weighted by Gasteiger charge is 2.13. The topological polar surface area (TPSA) is 27.7 Å². The Balaban J connectivity index is 2.35. The molecule has 0 bridgehead atoms. The average Bonchev–Trinajstić information content (AvgIpc) is 2.48. The largest absolute Gasteiger partial charge is 0.493 e. The van der Waals surface area contributed by atoms with Crippen molar-refractivity contribution in [2.75, 3.05) is 14.2 Å². The lowest BCUT2D eigenvalue weighted by atomic mass is 10.1. The van der Waals surface area contributed by atoms with Gasteiger partial charge in [-0.15, -0.1) is 0 Å². The van der Waals surface area contributed by atoms with Crippen molar-refractivity contribution < 1.29 is 18.6 Å². The van der Waals surface area contributed by atoms with E-state index < -0.39 is 5.82 Å². The molecule has 0 unspecified atom stereocenters. The van der Waals surface area contributed by atoms with Crippen LogP contribution in [0.4, 0.5) is 4.39 Å². The molecule has 0 N–H and O–H groups in total. The lowest BCUT2D eigenvalue weighted by molar-refractivity contribution is 0.333.